The zero-order valence-corrected chi connectivity index (χ0v) is 25.6. The van der Waals surface area contributed by atoms with Crippen molar-refractivity contribution in [1.29, 1.82) is 0 Å². The first kappa shape index (κ1) is 36.6. The van der Waals surface area contributed by atoms with Crippen LogP contribution in [-0.4, -0.2) is 74.4 Å². The minimum Gasteiger partial charge on any atom is -0.320 e. The Morgan fingerprint density at radius 3 is 1.86 bits per heavy atom. The van der Waals surface area contributed by atoms with Crippen molar-refractivity contribution < 1.29 is 44.3 Å². The minimum absolute atomic E-state index is 0.0293. The molecule has 2 aromatic rings. The molecule has 0 bridgehead atoms. The Kier molecular flexibility index (Phi) is 12.7. The van der Waals surface area contributed by atoms with Gasteiger partial charge in [-0.1, -0.05) is 50.2 Å². The summed E-state index contributed by atoms with van der Waals surface area (Å²) in [7, 11) is -3.45. The molecule has 7 nitrogen and oxygen atoms in total. The maximum absolute atomic E-state index is 14.3. The van der Waals surface area contributed by atoms with E-state index in [1.54, 1.807) is 20.1 Å². The quantitative estimate of drug-likeness (QED) is 0.280. The number of rotatable bonds is 13. The summed E-state index contributed by atoms with van der Waals surface area (Å²) in [4.78, 5) is 26.2. The number of carbonyl (C=O) groups is 2. The Morgan fingerprint density at radius 1 is 0.930 bits per heavy atom. The monoisotopic (exact) mass is 655 g/mol. The second-order valence-electron chi connectivity index (χ2n) is 10.5. The molecule has 0 saturated heterocycles. The maximum Gasteiger partial charge on any atom is 0.407 e. The number of imide groups is 1. The summed E-state index contributed by atoms with van der Waals surface area (Å²) in [6, 6.07) is 5.06. The molecule has 3 atom stereocenters. The lowest BCUT2D eigenvalue weighted by molar-refractivity contribution is -0.175. The van der Waals surface area contributed by atoms with E-state index in [-0.39, 0.29) is 28.2 Å². The van der Waals surface area contributed by atoms with Crippen LogP contribution in [0, 0.1) is 5.92 Å². The number of alkyl halides is 6. The lowest BCUT2D eigenvalue weighted by atomic mass is 9.97. The predicted molar refractivity (Wildman–Crippen MR) is 154 cm³/mol. The Labute approximate surface area is 251 Å². The Morgan fingerprint density at radius 2 is 1.44 bits per heavy atom. The Hall–Kier alpha value is -2.62. The second kappa shape index (κ2) is 14.9. The maximum atomic E-state index is 14.3. The molecule has 0 heterocycles. The summed E-state index contributed by atoms with van der Waals surface area (Å²) in [5.74, 6) is -2.88. The highest BCUT2D eigenvalue weighted by Gasteiger charge is 2.45. The van der Waals surface area contributed by atoms with E-state index >= 15 is 0 Å². The number of nitrogens with two attached hydrogens (primary N) is 1. The first-order valence-corrected chi connectivity index (χ1v) is 16.4. The van der Waals surface area contributed by atoms with Gasteiger partial charge in [0.2, 0.25) is 11.8 Å². The van der Waals surface area contributed by atoms with Gasteiger partial charge in [0.1, 0.15) is 12.6 Å². The minimum atomic E-state index is -5.01. The van der Waals surface area contributed by atoms with E-state index in [2.05, 4.69) is 5.32 Å². The van der Waals surface area contributed by atoms with Crippen molar-refractivity contribution >= 4 is 33.4 Å². The van der Waals surface area contributed by atoms with Crippen molar-refractivity contribution in [2.75, 3.05) is 24.8 Å². The first-order chi connectivity index (χ1) is 19.7. The highest BCUT2D eigenvalue weighted by atomic mass is 32.2. The number of hydrogen-bond acceptors (Lipinski definition) is 7. The van der Waals surface area contributed by atoms with Gasteiger partial charge in [-0.2, -0.15) is 38.1 Å². The molecule has 0 aromatic heterocycles. The lowest BCUT2D eigenvalue weighted by Crippen LogP contribution is -2.57. The summed E-state index contributed by atoms with van der Waals surface area (Å²) in [5.41, 5.74) is 6.44. The molecule has 0 spiro atoms. The third-order valence-electron chi connectivity index (χ3n) is 6.38. The van der Waals surface area contributed by atoms with E-state index < -0.39 is 64.6 Å². The van der Waals surface area contributed by atoms with Crippen LogP contribution in [0.4, 0.5) is 26.3 Å². The average molecular weight is 656 g/mol. The second-order valence-corrected chi connectivity index (χ2v) is 13.5. The molecule has 0 aliphatic carbocycles. The van der Waals surface area contributed by atoms with Crippen LogP contribution in [0.3, 0.4) is 0 Å². The fourth-order valence-electron chi connectivity index (χ4n) is 4.26. The van der Waals surface area contributed by atoms with Gasteiger partial charge in [0.05, 0.1) is 17.0 Å². The van der Waals surface area contributed by atoms with Crippen molar-refractivity contribution in [3.05, 3.63) is 54.1 Å². The van der Waals surface area contributed by atoms with Crippen LogP contribution in [0.5, 0.6) is 0 Å². The van der Waals surface area contributed by atoms with Crippen LogP contribution < -0.4 is 11.1 Å². The number of sulfone groups is 1. The van der Waals surface area contributed by atoms with Crippen LogP contribution in [-0.2, 0) is 19.4 Å². The van der Waals surface area contributed by atoms with Crippen LogP contribution >= 0.6 is 11.8 Å². The molecule has 0 saturated carbocycles. The molecular formula is C28H35F6N3O4S2. The van der Waals surface area contributed by atoms with Gasteiger partial charge in [0, 0.05) is 6.26 Å². The fraction of sp³-hybridized carbons (Fsp3) is 0.500. The van der Waals surface area contributed by atoms with Crippen molar-refractivity contribution in [2.45, 2.75) is 62.1 Å². The van der Waals surface area contributed by atoms with Crippen molar-refractivity contribution in [3.63, 3.8) is 0 Å². The number of thioether (sulfide) groups is 1. The molecule has 3 N–H and O–H groups in total. The molecule has 15 heteroatoms. The third-order valence-corrected chi connectivity index (χ3v) is 8.15. The smallest absolute Gasteiger partial charge is 0.320 e. The number of nitrogens with zero attached hydrogens (tertiary/aromatic N) is 1. The molecule has 0 aliphatic rings. The number of carbonyl (C=O) groups excluding carboxylic acids is 2. The summed E-state index contributed by atoms with van der Waals surface area (Å²) < 4.78 is 107. The van der Waals surface area contributed by atoms with Gasteiger partial charge >= 0.3 is 12.4 Å². The van der Waals surface area contributed by atoms with Gasteiger partial charge in [-0.25, -0.2) is 8.42 Å². The molecule has 43 heavy (non-hydrogen) atoms. The average Bonchev–Trinajstić information content (AvgIpc) is 2.90. The molecule has 240 valence electrons. The number of nitrogens with one attached hydrogen (secondary N) is 1. The number of amides is 2. The molecule has 0 fully saturated rings. The van der Waals surface area contributed by atoms with E-state index in [1.807, 2.05) is 0 Å². The highest BCUT2D eigenvalue weighted by Crippen LogP contribution is 2.35. The normalized spacial score (nSPS) is 14.8. The van der Waals surface area contributed by atoms with Crippen LogP contribution in [0.15, 0.2) is 53.4 Å². The van der Waals surface area contributed by atoms with Gasteiger partial charge < -0.3 is 5.73 Å². The van der Waals surface area contributed by atoms with E-state index in [4.69, 9.17) is 5.73 Å². The fourth-order valence-corrected chi connectivity index (χ4v) is 5.38. The highest BCUT2D eigenvalue weighted by molar-refractivity contribution is 7.98. The van der Waals surface area contributed by atoms with Gasteiger partial charge in [0.15, 0.2) is 9.84 Å². The third kappa shape index (κ3) is 11.1. The van der Waals surface area contributed by atoms with Crippen LogP contribution in [0.25, 0.3) is 11.1 Å². The summed E-state index contributed by atoms with van der Waals surface area (Å²) in [6.07, 6.45) is -7.57. The summed E-state index contributed by atoms with van der Waals surface area (Å²) in [6.45, 7) is 1.17. The van der Waals surface area contributed by atoms with Gasteiger partial charge in [-0.05, 0) is 59.6 Å². The molecule has 2 amide bonds. The molecule has 0 radical (unpaired) electrons. The number of benzene rings is 2. The molecule has 0 unspecified atom stereocenters. The SMILES string of the molecule is CSCC[C@H](N)C(=O)N(CC(F)(F)F)C(=O)[C@H](CC(C)C)N[C@@H](c1ccc(-c2ccc(S(C)(=O)=O)cc2)cc1)C(F)(F)F. The van der Waals surface area contributed by atoms with E-state index in [9.17, 15) is 44.3 Å². The Bertz CT molecular complexity index is 1330. The molecule has 2 aromatic carbocycles. The number of hydrogen-bond donors (Lipinski definition) is 2. The Balaban J connectivity index is 2.44. The van der Waals surface area contributed by atoms with Crippen LogP contribution in [0.2, 0.25) is 0 Å². The largest absolute Gasteiger partial charge is 0.407 e. The van der Waals surface area contributed by atoms with Gasteiger partial charge in [-0.15, -0.1) is 0 Å². The van der Waals surface area contributed by atoms with Crippen LogP contribution in [0.1, 0.15) is 38.3 Å². The summed E-state index contributed by atoms with van der Waals surface area (Å²) >= 11 is 1.29. The molecular weight excluding hydrogens is 620 g/mol. The van der Waals surface area contributed by atoms with Crippen molar-refractivity contribution in [3.8, 4) is 11.1 Å². The lowest BCUT2D eigenvalue weighted by Gasteiger charge is -2.33. The van der Waals surface area contributed by atoms with Crippen molar-refractivity contribution in [2.24, 2.45) is 11.7 Å². The van der Waals surface area contributed by atoms with Gasteiger partial charge in [0.25, 0.3) is 0 Å². The van der Waals surface area contributed by atoms with E-state index in [0.29, 0.717) is 16.9 Å². The zero-order chi connectivity index (χ0) is 32.8. The van der Waals surface area contributed by atoms with Crippen molar-refractivity contribution in [1.82, 2.24) is 10.2 Å². The summed E-state index contributed by atoms with van der Waals surface area (Å²) in [5, 5.41) is 2.18. The molecule has 2 rings (SSSR count). The number of halogens is 6. The predicted octanol–water partition coefficient (Wildman–Crippen LogP) is 5.36. The topological polar surface area (TPSA) is 110 Å². The van der Waals surface area contributed by atoms with Gasteiger partial charge in [-0.3, -0.25) is 19.8 Å². The zero-order valence-electron chi connectivity index (χ0n) is 24.0. The molecule has 0 aliphatic heterocycles. The van der Waals surface area contributed by atoms with E-state index in [1.165, 1.54) is 48.2 Å². The van der Waals surface area contributed by atoms with E-state index in [0.717, 1.165) is 18.4 Å². The first-order valence-electron chi connectivity index (χ1n) is 13.1. The standard InChI is InChI=1S/C28H35F6N3O4S2/c1-17(2)15-23(26(39)37(16-27(29,30)31)25(38)22(35)13-14-42-3)36-24(28(32,33)34)20-7-5-18(6-8-20)19-9-11-21(12-10-19)43(4,40)41/h5-12,17,22-24,36H,13-16,35H2,1-4H3/t22-,23-,24-/m0/s1.